The number of hydrogen-bond acceptors (Lipinski definition) is 2. The van der Waals surface area contributed by atoms with Crippen LogP contribution >= 0.6 is 0 Å². The van der Waals surface area contributed by atoms with Crippen molar-refractivity contribution in [1.82, 2.24) is 5.32 Å². The molecule has 0 radical (unpaired) electrons. The molecule has 0 aliphatic carbocycles. The van der Waals surface area contributed by atoms with E-state index in [9.17, 15) is 5.11 Å². The van der Waals surface area contributed by atoms with Gasteiger partial charge in [0.1, 0.15) is 0 Å². The maximum atomic E-state index is 9.30. The normalized spacial score (nSPS) is 13.6. The van der Waals surface area contributed by atoms with Crippen molar-refractivity contribution in [3.8, 4) is 0 Å². The fraction of sp³-hybridized carbons (Fsp3) is 1.00. The minimum Gasteiger partial charge on any atom is -0.393 e. The Morgan fingerprint density at radius 3 is 2.15 bits per heavy atom. The molecule has 2 N–H and O–H groups in total. The highest BCUT2D eigenvalue weighted by atomic mass is 16.3. The Morgan fingerprint density at radius 2 is 1.69 bits per heavy atom. The molecule has 0 aromatic heterocycles. The molecule has 0 bridgehead atoms. The fourth-order valence-electron chi connectivity index (χ4n) is 1.36. The molecule has 0 aromatic carbocycles. The van der Waals surface area contributed by atoms with Crippen molar-refractivity contribution in [3.63, 3.8) is 0 Å². The van der Waals surface area contributed by atoms with Gasteiger partial charge in [0.25, 0.3) is 0 Å². The average molecular weight is 187 g/mol. The second kappa shape index (κ2) is 8.52. The van der Waals surface area contributed by atoms with Crippen LogP contribution in [0.3, 0.4) is 0 Å². The smallest absolute Gasteiger partial charge is 0.0549 e. The summed E-state index contributed by atoms with van der Waals surface area (Å²) in [6.45, 7) is 8.54. The van der Waals surface area contributed by atoms with E-state index in [4.69, 9.17) is 0 Å². The summed E-state index contributed by atoms with van der Waals surface area (Å²) in [5.74, 6) is 0.804. The summed E-state index contributed by atoms with van der Waals surface area (Å²) in [6, 6.07) is 0. The SMILES string of the molecule is CCC(O)CCNCC(CC)CC. The minimum absolute atomic E-state index is 0.116. The zero-order valence-electron chi connectivity index (χ0n) is 9.34. The van der Waals surface area contributed by atoms with Crippen LogP contribution in [0.4, 0.5) is 0 Å². The highest BCUT2D eigenvalue weighted by Gasteiger charge is 2.03. The summed E-state index contributed by atoms with van der Waals surface area (Å²) in [5, 5.41) is 12.7. The zero-order valence-corrected chi connectivity index (χ0v) is 9.34. The Bertz CT molecular complexity index is 102. The first-order valence-corrected chi connectivity index (χ1v) is 5.63. The van der Waals surface area contributed by atoms with E-state index >= 15 is 0 Å². The second-order valence-electron chi connectivity index (χ2n) is 3.74. The molecule has 0 amide bonds. The van der Waals surface area contributed by atoms with Crippen LogP contribution in [-0.4, -0.2) is 24.3 Å². The summed E-state index contributed by atoms with van der Waals surface area (Å²) in [6.07, 6.45) is 4.14. The third-order valence-corrected chi connectivity index (χ3v) is 2.71. The van der Waals surface area contributed by atoms with Crippen LogP contribution in [0.1, 0.15) is 46.5 Å². The van der Waals surface area contributed by atoms with Gasteiger partial charge in [0.2, 0.25) is 0 Å². The summed E-state index contributed by atoms with van der Waals surface area (Å²) in [4.78, 5) is 0. The molecule has 0 fully saturated rings. The summed E-state index contributed by atoms with van der Waals surface area (Å²) in [5.41, 5.74) is 0. The number of aliphatic hydroxyl groups excluding tert-OH is 1. The predicted molar refractivity (Wildman–Crippen MR) is 57.9 cm³/mol. The molecule has 1 unspecified atom stereocenters. The molecule has 0 saturated heterocycles. The number of aliphatic hydroxyl groups is 1. The molecule has 2 nitrogen and oxygen atoms in total. The quantitative estimate of drug-likeness (QED) is 0.571. The molecule has 13 heavy (non-hydrogen) atoms. The first kappa shape index (κ1) is 12.9. The lowest BCUT2D eigenvalue weighted by molar-refractivity contribution is 0.159. The van der Waals surface area contributed by atoms with Gasteiger partial charge >= 0.3 is 0 Å². The van der Waals surface area contributed by atoms with Gasteiger partial charge in [-0.25, -0.2) is 0 Å². The molecule has 80 valence electrons. The van der Waals surface area contributed by atoms with Crippen molar-refractivity contribution in [2.75, 3.05) is 13.1 Å². The van der Waals surface area contributed by atoms with Crippen LogP contribution < -0.4 is 5.32 Å². The number of hydrogen-bond donors (Lipinski definition) is 2. The first-order chi connectivity index (χ1) is 6.24. The van der Waals surface area contributed by atoms with Gasteiger partial charge in [-0.1, -0.05) is 33.6 Å². The molecule has 1 atom stereocenters. The summed E-state index contributed by atoms with van der Waals surface area (Å²) in [7, 11) is 0. The Morgan fingerprint density at radius 1 is 1.08 bits per heavy atom. The number of nitrogens with one attached hydrogen (secondary N) is 1. The lowest BCUT2D eigenvalue weighted by Gasteiger charge is -2.14. The third-order valence-electron chi connectivity index (χ3n) is 2.71. The Kier molecular flexibility index (Phi) is 8.46. The number of rotatable bonds is 8. The van der Waals surface area contributed by atoms with Gasteiger partial charge in [0, 0.05) is 0 Å². The van der Waals surface area contributed by atoms with E-state index in [1.54, 1.807) is 0 Å². The predicted octanol–water partition coefficient (Wildman–Crippen LogP) is 2.17. The first-order valence-electron chi connectivity index (χ1n) is 5.63. The highest BCUT2D eigenvalue weighted by molar-refractivity contribution is 4.60. The fourth-order valence-corrected chi connectivity index (χ4v) is 1.36. The van der Waals surface area contributed by atoms with Gasteiger partial charge < -0.3 is 10.4 Å². The molecule has 0 saturated carbocycles. The minimum atomic E-state index is -0.116. The largest absolute Gasteiger partial charge is 0.393 e. The standard InChI is InChI=1S/C11H25NO/c1-4-10(5-2)9-12-8-7-11(13)6-3/h10-13H,4-9H2,1-3H3. The second-order valence-corrected chi connectivity index (χ2v) is 3.74. The van der Waals surface area contributed by atoms with Crippen LogP contribution in [0, 0.1) is 5.92 Å². The van der Waals surface area contributed by atoms with E-state index < -0.39 is 0 Å². The van der Waals surface area contributed by atoms with Gasteiger partial charge in [-0.3, -0.25) is 0 Å². The van der Waals surface area contributed by atoms with E-state index in [0.29, 0.717) is 0 Å². The molecule has 0 rings (SSSR count). The van der Waals surface area contributed by atoms with E-state index in [0.717, 1.165) is 31.8 Å². The van der Waals surface area contributed by atoms with Crippen molar-refractivity contribution >= 4 is 0 Å². The van der Waals surface area contributed by atoms with Crippen molar-refractivity contribution in [2.24, 2.45) is 5.92 Å². The van der Waals surface area contributed by atoms with Crippen LogP contribution in [0.25, 0.3) is 0 Å². The van der Waals surface area contributed by atoms with Crippen LogP contribution in [0.2, 0.25) is 0 Å². The molecule has 0 aliphatic heterocycles. The van der Waals surface area contributed by atoms with Crippen molar-refractivity contribution in [1.29, 1.82) is 0 Å². The topological polar surface area (TPSA) is 32.3 Å². The molecule has 0 aromatic rings. The summed E-state index contributed by atoms with van der Waals surface area (Å²) < 4.78 is 0. The third kappa shape index (κ3) is 7.03. The summed E-state index contributed by atoms with van der Waals surface area (Å²) >= 11 is 0. The lowest BCUT2D eigenvalue weighted by Crippen LogP contribution is -2.25. The molecular weight excluding hydrogens is 162 g/mol. The molecule has 2 heteroatoms. The van der Waals surface area contributed by atoms with Crippen molar-refractivity contribution in [2.45, 2.75) is 52.6 Å². The van der Waals surface area contributed by atoms with Gasteiger partial charge in [-0.15, -0.1) is 0 Å². The maximum absolute atomic E-state index is 9.30. The van der Waals surface area contributed by atoms with Crippen molar-refractivity contribution < 1.29 is 5.11 Å². The molecular formula is C11H25NO. The van der Waals surface area contributed by atoms with Gasteiger partial charge in [-0.05, 0) is 31.8 Å². The van der Waals surface area contributed by atoms with E-state index in [-0.39, 0.29) is 6.10 Å². The lowest BCUT2D eigenvalue weighted by atomic mass is 10.0. The Balaban J connectivity index is 3.23. The van der Waals surface area contributed by atoms with Gasteiger partial charge in [0.05, 0.1) is 6.10 Å². The van der Waals surface area contributed by atoms with Crippen molar-refractivity contribution in [3.05, 3.63) is 0 Å². The maximum Gasteiger partial charge on any atom is 0.0549 e. The van der Waals surface area contributed by atoms with Crippen LogP contribution in [0.15, 0.2) is 0 Å². The van der Waals surface area contributed by atoms with Crippen LogP contribution in [0.5, 0.6) is 0 Å². The van der Waals surface area contributed by atoms with Gasteiger partial charge in [-0.2, -0.15) is 0 Å². The Labute approximate surface area is 82.7 Å². The van der Waals surface area contributed by atoms with E-state index in [2.05, 4.69) is 19.2 Å². The molecule has 0 heterocycles. The molecule has 0 aliphatic rings. The van der Waals surface area contributed by atoms with Gasteiger partial charge in [0.15, 0.2) is 0 Å². The van der Waals surface area contributed by atoms with Crippen LogP contribution in [-0.2, 0) is 0 Å². The van der Waals surface area contributed by atoms with E-state index in [1.165, 1.54) is 12.8 Å². The zero-order chi connectivity index (χ0) is 10.1. The highest BCUT2D eigenvalue weighted by Crippen LogP contribution is 2.05. The average Bonchev–Trinajstić information content (AvgIpc) is 2.18. The monoisotopic (exact) mass is 187 g/mol. The van der Waals surface area contributed by atoms with E-state index in [1.807, 2.05) is 6.92 Å². The Hall–Kier alpha value is -0.0800. The molecule has 0 spiro atoms.